The molecule has 4 rings (SSSR count). The van der Waals surface area contributed by atoms with Gasteiger partial charge in [-0.15, -0.1) is 0 Å². The van der Waals surface area contributed by atoms with Gasteiger partial charge in [0.25, 0.3) is 11.7 Å². The number of Topliss-reactive ketones (excluding diaryl/α,β-unsaturated/α-hetero) is 1. The highest BCUT2D eigenvalue weighted by atomic mass is 16.5. The first-order chi connectivity index (χ1) is 15.4. The third kappa shape index (κ3) is 3.75. The molecule has 0 aliphatic carbocycles. The Kier molecular flexibility index (Phi) is 5.77. The van der Waals surface area contributed by atoms with E-state index in [0.717, 1.165) is 22.3 Å². The Morgan fingerprint density at radius 1 is 1.03 bits per heavy atom. The number of carbonyl (C=O) groups excluding carboxylic acids is 2. The minimum Gasteiger partial charge on any atom is -0.507 e. The molecule has 2 heterocycles. The number of ketones is 1. The van der Waals surface area contributed by atoms with E-state index < -0.39 is 17.7 Å². The monoisotopic (exact) mass is 428 g/mol. The summed E-state index contributed by atoms with van der Waals surface area (Å²) in [7, 11) is 1.58. The molecule has 1 fully saturated rings. The SMILES string of the molecule is COc1cc(C)c(/C(O)=C2\C(=O)C(=O)N(Cc3ccncc3)C2c2ccccc2)cc1C. The topological polar surface area (TPSA) is 79.7 Å². The lowest BCUT2D eigenvalue weighted by atomic mass is 9.93. The predicted molar refractivity (Wildman–Crippen MR) is 121 cm³/mol. The van der Waals surface area contributed by atoms with E-state index in [0.29, 0.717) is 11.3 Å². The highest BCUT2D eigenvalue weighted by Gasteiger charge is 2.46. The molecule has 0 radical (unpaired) electrons. The van der Waals surface area contributed by atoms with Crippen LogP contribution in [0.15, 0.2) is 72.6 Å². The highest BCUT2D eigenvalue weighted by molar-refractivity contribution is 6.46. The first-order valence-electron chi connectivity index (χ1n) is 10.3. The predicted octanol–water partition coefficient (Wildman–Crippen LogP) is 4.33. The molecule has 1 aliphatic heterocycles. The molecule has 0 bridgehead atoms. The van der Waals surface area contributed by atoms with Gasteiger partial charge in [-0.2, -0.15) is 0 Å². The van der Waals surface area contributed by atoms with Gasteiger partial charge in [0.15, 0.2) is 0 Å². The number of rotatable bonds is 5. The summed E-state index contributed by atoms with van der Waals surface area (Å²) in [6.45, 7) is 3.93. The quantitative estimate of drug-likeness (QED) is 0.372. The molecule has 1 aromatic heterocycles. The Hall–Kier alpha value is -3.93. The lowest BCUT2D eigenvalue weighted by Gasteiger charge is -2.25. The number of hydrogen-bond acceptors (Lipinski definition) is 5. The van der Waals surface area contributed by atoms with E-state index in [-0.39, 0.29) is 17.9 Å². The van der Waals surface area contributed by atoms with Crippen LogP contribution in [0.2, 0.25) is 0 Å². The number of carbonyl (C=O) groups is 2. The van der Waals surface area contributed by atoms with E-state index in [1.54, 1.807) is 37.7 Å². The van der Waals surface area contributed by atoms with Gasteiger partial charge in [-0.1, -0.05) is 30.3 Å². The van der Waals surface area contributed by atoms with Crippen molar-refractivity contribution in [3.05, 3.63) is 100 Å². The zero-order chi connectivity index (χ0) is 22.8. The summed E-state index contributed by atoms with van der Waals surface area (Å²) in [6, 6.07) is 15.8. The third-order valence-corrected chi connectivity index (χ3v) is 5.75. The van der Waals surface area contributed by atoms with Crippen molar-refractivity contribution in [3.8, 4) is 5.75 Å². The number of aryl methyl sites for hydroxylation is 2. The fraction of sp³-hybridized carbons (Fsp3) is 0.192. The van der Waals surface area contributed by atoms with E-state index >= 15 is 0 Å². The molecule has 1 amide bonds. The van der Waals surface area contributed by atoms with Crippen LogP contribution in [0.25, 0.3) is 5.76 Å². The molecule has 1 N–H and O–H groups in total. The van der Waals surface area contributed by atoms with Crippen LogP contribution in [0.4, 0.5) is 0 Å². The molecule has 1 saturated heterocycles. The van der Waals surface area contributed by atoms with Crippen molar-refractivity contribution < 1.29 is 19.4 Å². The second-order valence-corrected chi connectivity index (χ2v) is 7.83. The molecule has 6 nitrogen and oxygen atoms in total. The average Bonchev–Trinajstić information content (AvgIpc) is 3.06. The smallest absolute Gasteiger partial charge is 0.295 e. The van der Waals surface area contributed by atoms with Gasteiger partial charge in [0.2, 0.25) is 0 Å². The summed E-state index contributed by atoms with van der Waals surface area (Å²) in [6.07, 6.45) is 3.29. The van der Waals surface area contributed by atoms with Crippen LogP contribution in [0.1, 0.15) is 33.9 Å². The van der Waals surface area contributed by atoms with Crippen LogP contribution < -0.4 is 4.74 Å². The molecule has 32 heavy (non-hydrogen) atoms. The number of methoxy groups -OCH3 is 1. The molecule has 0 saturated carbocycles. The van der Waals surface area contributed by atoms with Crippen molar-refractivity contribution in [2.45, 2.75) is 26.4 Å². The number of likely N-dealkylation sites (tertiary alicyclic amines) is 1. The summed E-state index contributed by atoms with van der Waals surface area (Å²) < 4.78 is 5.37. The lowest BCUT2D eigenvalue weighted by Crippen LogP contribution is -2.29. The van der Waals surface area contributed by atoms with Crippen LogP contribution in [0.5, 0.6) is 5.75 Å². The van der Waals surface area contributed by atoms with Crippen molar-refractivity contribution in [3.63, 3.8) is 0 Å². The van der Waals surface area contributed by atoms with Crippen LogP contribution in [-0.4, -0.2) is 33.8 Å². The Balaban J connectivity index is 1.89. The van der Waals surface area contributed by atoms with Gasteiger partial charge in [0.05, 0.1) is 18.7 Å². The minimum absolute atomic E-state index is 0.0860. The van der Waals surface area contributed by atoms with E-state index in [1.165, 1.54) is 4.90 Å². The first-order valence-corrected chi connectivity index (χ1v) is 10.3. The standard InChI is InChI=1S/C26H24N2O4/c1-16-14-21(32-3)17(2)13-20(16)24(29)22-23(19-7-5-4-6-8-19)28(26(31)25(22)30)15-18-9-11-27-12-10-18/h4-14,23,29H,15H2,1-3H3/b24-22+. The number of pyridine rings is 1. The van der Waals surface area contributed by atoms with Crippen LogP contribution in [0, 0.1) is 13.8 Å². The Morgan fingerprint density at radius 2 is 1.72 bits per heavy atom. The summed E-state index contributed by atoms with van der Waals surface area (Å²) in [5.41, 5.74) is 3.76. The van der Waals surface area contributed by atoms with Gasteiger partial charge in [-0.3, -0.25) is 14.6 Å². The summed E-state index contributed by atoms with van der Waals surface area (Å²) in [4.78, 5) is 31.8. The largest absolute Gasteiger partial charge is 0.507 e. The maximum atomic E-state index is 13.2. The number of benzene rings is 2. The molecule has 0 spiro atoms. The van der Waals surface area contributed by atoms with Crippen LogP contribution in [-0.2, 0) is 16.1 Å². The molecule has 6 heteroatoms. The molecule has 2 aromatic carbocycles. The van der Waals surface area contributed by atoms with Gasteiger partial charge in [-0.25, -0.2) is 0 Å². The molecular formula is C26H24N2O4. The molecule has 1 aliphatic rings. The fourth-order valence-corrected chi connectivity index (χ4v) is 4.12. The zero-order valence-corrected chi connectivity index (χ0v) is 18.2. The van der Waals surface area contributed by atoms with E-state index in [9.17, 15) is 14.7 Å². The Bertz CT molecular complexity index is 1200. The van der Waals surface area contributed by atoms with Crippen molar-refractivity contribution >= 4 is 17.4 Å². The molecule has 1 unspecified atom stereocenters. The van der Waals surface area contributed by atoms with Gasteiger partial charge >= 0.3 is 0 Å². The number of aliphatic hydroxyl groups excluding tert-OH is 1. The lowest BCUT2D eigenvalue weighted by molar-refractivity contribution is -0.140. The highest BCUT2D eigenvalue weighted by Crippen LogP contribution is 2.41. The second kappa shape index (κ2) is 8.67. The second-order valence-electron chi connectivity index (χ2n) is 7.83. The van der Waals surface area contributed by atoms with Gasteiger partial charge in [-0.05, 0) is 60.4 Å². The molecule has 3 aromatic rings. The normalized spacial score (nSPS) is 17.6. The maximum absolute atomic E-state index is 13.2. The maximum Gasteiger partial charge on any atom is 0.295 e. The van der Waals surface area contributed by atoms with E-state index in [4.69, 9.17) is 4.74 Å². The van der Waals surface area contributed by atoms with Crippen molar-refractivity contribution in [2.75, 3.05) is 7.11 Å². The molecule has 1 atom stereocenters. The summed E-state index contributed by atoms with van der Waals surface area (Å²) in [5.74, 6) is -0.826. The third-order valence-electron chi connectivity index (χ3n) is 5.75. The number of hydrogen-bond donors (Lipinski definition) is 1. The summed E-state index contributed by atoms with van der Waals surface area (Å²) >= 11 is 0. The number of aliphatic hydroxyl groups is 1. The van der Waals surface area contributed by atoms with Crippen LogP contribution >= 0.6 is 0 Å². The number of nitrogens with zero attached hydrogens (tertiary/aromatic N) is 2. The fourth-order valence-electron chi connectivity index (χ4n) is 4.12. The Morgan fingerprint density at radius 3 is 2.38 bits per heavy atom. The van der Waals surface area contributed by atoms with Crippen molar-refractivity contribution in [1.29, 1.82) is 0 Å². The van der Waals surface area contributed by atoms with E-state index in [2.05, 4.69) is 4.98 Å². The average molecular weight is 428 g/mol. The number of aromatic nitrogens is 1. The van der Waals surface area contributed by atoms with Crippen molar-refractivity contribution in [1.82, 2.24) is 9.88 Å². The minimum atomic E-state index is -0.703. The summed E-state index contributed by atoms with van der Waals surface area (Å²) in [5, 5.41) is 11.3. The number of ether oxygens (including phenoxy) is 1. The Labute approximate surface area is 186 Å². The zero-order valence-electron chi connectivity index (χ0n) is 18.2. The number of amides is 1. The van der Waals surface area contributed by atoms with Gasteiger partial charge in [0, 0.05) is 24.5 Å². The van der Waals surface area contributed by atoms with Crippen LogP contribution in [0.3, 0.4) is 0 Å². The van der Waals surface area contributed by atoms with E-state index in [1.807, 2.05) is 50.2 Å². The molecular weight excluding hydrogens is 404 g/mol. The van der Waals surface area contributed by atoms with Crippen molar-refractivity contribution in [2.24, 2.45) is 0 Å². The van der Waals surface area contributed by atoms with Gasteiger partial charge < -0.3 is 14.7 Å². The first kappa shape index (κ1) is 21.3. The van der Waals surface area contributed by atoms with Gasteiger partial charge in [0.1, 0.15) is 11.5 Å². The molecule has 162 valence electrons.